The third-order valence-electron chi connectivity index (χ3n) is 2.12. The fourth-order valence-corrected chi connectivity index (χ4v) is 1.45. The molecule has 2 rings (SSSR count). The Balaban J connectivity index is -0.000000422. The zero-order valence-corrected chi connectivity index (χ0v) is 12.4. The second kappa shape index (κ2) is 10.2. The summed E-state index contributed by atoms with van der Waals surface area (Å²) in [5.74, 6) is 0. The van der Waals surface area contributed by atoms with Crippen molar-refractivity contribution in [3.05, 3.63) is 54.1 Å². The molecule has 16 heavy (non-hydrogen) atoms. The van der Waals surface area contributed by atoms with Crippen LogP contribution < -0.4 is 37.2 Å². The molecule has 0 fully saturated rings. The summed E-state index contributed by atoms with van der Waals surface area (Å²) in [5, 5.41) is 0. The van der Waals surface area contributed by atoms with Crippen LogP contribution >= 0.6 is 0 Å². The van der Waals surface area contributed by atoms with Gasteiger partial charge >= 0.3 is 18.6 Å². The smallest absolute Gasteiger partial charge is 1.00 e. The van der Waals surface area contributed by atoms with E-state index in [1.165, 1.54) is 16.7 Å². The summed E-state index contributed by atoms with van der Waals surface area (Å²) in [7, 11) is 0. The molecule has 85 valence electrons. The molecular formula is C12H11Cl3V. The van der Waals surface area contributed by atoms with Crippen LogP contribution in [0.2, 0.25) is 0 Å². The molecule has 0 aliphatic carbocycles. The van der Waals surface area contributed by atoms with Gasteiger partial charge in [-0.25, -0.2) is 0 Å². The zero-order valence-electron chi connectivity index (χ0n) is 8.70. The van der Waals surface area contributed by atoms with Crippen LogP contribution in [0.15, 0.2) is 48.5 Å². The van der Waals surface area contributed by atoms with Gasteiger partial charge in [0.25, 0.3) is 0 Å². The van der Waals surface area contributed by atoms with Crippen LogP contribution in [-0.4, -0.2) is 0 Å². The second-order valence-electron chi connectivity index (χ2n) is 2.99. The van der Waals surface area contributed by atoms with Crippen molar-refractivity contribution >= 4 is 0 Å². The number of hydrogen-bond donors (Lipinski definition) is 0. The molecule has 4 heteroatoms. The van der Waals surface area contributed by atoms with Gasteiger partial charge in [-0.05, 0) is 0 Å². The average Bonchev–Trinajstić information content (AvgIpc) is 2.53. The first-order valence-corrected chi connectivity index (χ1v) is 4.15. The summed E-state index contributed by atoms with van der Waals surface area (Å²) in [5.41, 5.74) is 4.00. The fraction of sp³-hybridized carbons (Fsp3) is 0.0833. The number of halogens is 3. The minimum Gasteiger partial charge on any atom is -1.00 e. The van der Waals surface area contributed by atoms with Gasteiger partial charge in [-0.15, -0.1) is 11.1 Å². The molecule has 1 radical (unpaired) electrons. The Labute approximate surface area is 127 Å². The van der Waals surface area contributed by atoms with Crippen molar-refractivity contribution in [2.45, 2.75) is 6.92 Å². The third-order valence-corrected chi connectivity index (χ3v) is 2.12. The predicted octanol–water partition coefficient (Wildman–Crippen LogP) is -5.61. The van der Waals surface area contributed by atoms with Crippen LogP contribution in [0, 0.1) is 6.92 Å². The SMILES string of the molecule is C[c-]1cccc1-c1ccccc1.[Cl-].[Cl-].[Cl-].[V+4]. The van der Waals surface area contributed by atoms with Crippen LogP contribution in [0.3, 0.4) is 0 Å². The van der Waals surface area contributed by atoms with Crippen molar-refractivity contribution in [3.8, 4) is 11.1 Å². The number of hydrogen-bond acceptors (Lipinski definition) is 0. The van der Waals surface area contributed by atoms with Gasteiger partial charge in [-0.1, -0.05) is 42.8 Å². The molecule has 0 N–H and O–H groups in total. The third kappa shape index (κ3) is 4.90. The monoisotopic (exact) mass is 311 g/mol. The second-order valence-corrected chi connectivity index (χ2v) is 2.99. The van der Waals surface area contributed by atoms with Crippen molar-refractivity contribution < 1.29 is 55.8 Å². The molecule has 2 aromatic rings. The van der Waals surface area contributed by atoms with Crippen molar-refractivity contribution in [1.29, 1.82) is 0 Å². The van der Waals surface area contributed by atoms with Gasteiger partial charge in [0.1, 0.15) is 0 Å². The van der Waals surface area contributed by atoms with E-state index >= 15 is 0 Å². The average molecular weight is 313 g/mol. The molecule has 0 bridgehead atoms. The predicted molar refractivity (Wildman–Crippen MR) is 52.2 cm³/mol. The van der Waals surface area contributed by atoms with E-state index < -0.39 is 0 Å². The molecule has 0 aromatic heterocycles. The Bertz CT molecular complexity index is 371. The first-order valence-electron chi connectivity index (χ1n) is 4.15. The summed E-state index contributed by atoms with van der Waals surface area (Å²) >= 11 is 0. The van der Waals surface area contributed by atoms with E-state index in [0.29, 0.717) is 0 Å². The van der Waals surface area contributed by atoms with Gasteiger partial charge in [0, 0.05) is 0 Å². The van der Waals surface area contributed by atoms with Gasteiger partial charge in [0.05, 0.1) is 0 Å². The minimum atomic E-state index is 0. The maximum atomic E-state index is 2.16. The molecular weight excluding hydrogens is 301 g/mol. The topological polar surface area (TPSA) is 0 Å². The van der Waals surface area contributed by atoms with Crippen molar-refractivity contribution in [2.75, 3.05) is 0 Å². The number of rotatable bonds is 1. The largest absolute Gasteiger partial charge is 4.00 e. The molecule has 0 saturated carbocycles. The fourth-order valence-electron chi connectivity index (χ4n) is 1.45. The summed E-state index contributed by atoms with van der Waals surface area (Å²) in [6.45, 7) is 2.14. The Morgan fingerprint density at radius 3 is 1.81 bits per heavy atom. The van der Waals surface area contributed by atoms with Gasteiger partial charge in [0.2, 0.25) is 0 Å². The van der Waals surface area contributed by atoms with Gasteiger partial charge in [-0.2, -0.15) is 18.2 Å². The standard InChI is InChI=1S/C12H11.3ClH.V/c1-10-6-5-9-12(10)11-7-3-2-4-8-11;;;;/h2-9H,1H3;3*1H;/q-1;;;;+4/p-3. The molecule has 2 aromatic carbocycles. The van der Waals surface area contributed by atoms with Gasteiger partial charge < -0.3 is 37.2 Å². The molecule has 0 heterocycles. The van der Waals surface area contributed by atoms with Gasteiger partial charge in [-0.3, -0.25) is 0 Å². The Hall–Kier alpha value is 0.0244. The van der Waals surface area contributed by atoms with E-state index in [0.717, 1.165) is 0 Å². The van der Waals surface area contributed by atoms with E-state index in [1.54, 1.807) is 0 Å². The first kappa shape index (κ1) is 21.3. The van der Waals surface area contributed by atoms with Crippen LogP contribution in [0.1, 0.15) is 5.56 Å². The Kier molecular flexibility index (Phi) is 13.6. The van der Waals surface area contributed by atoms with Gasteiger partial charge in [0.15, 0.2) is 0 Å². The van der Waals surface area contributed by atoms with E-state index in [9.17, 15) is 0 Å². The van der Waals surface area contributed by atoms with E-state index in [4.69, 9.17) is 0 Å². The zero-order chi connectivity index (χ0) is 8.39. The number of aryl methyl sites for hydroxylation is 1. The van der Waals surface area contributed by atoms with Crippen LogP contribution in [0.25, 0.3) is 11.1 Å². The molecule has 0 aliphatic heterocycles. The Morgan fingerprint density at radius 2 is 1.38 bits per heavy atom. The molecule has 0 atom stereocenters. The van der Waals surface area contributed by atoms with Crippen molar-refractivity contribution in [3.63, 3.8) is 0 Å². The summed E-state index contributed by atoms with van der Waals surface area (Å²) in [6.07, 6.45) is 0. The molecule has 0 saturated heterocycles. The maximum absolute atomic E-state index is 2.16. The maximum Gasteiger partial charge on any atom is 4.00 e. The van der Waals surface area contributed by atoms with Crippen LogP contribution in [0.4, 0.5) is 0 Å². The minimum absolute atomic E-state index is 0. The van der Waals surface area contributed by atoms with Crippen molar-refractivity contribution in [2.24, 2.45) is 0 Å². The Morgan fingerprint density at radius 1 is 0.812 bits per heavy atom. The molecule has 0 unspecified atom stereocenters. The summed E-state index contributed by atoms with van der Waals surface area (Å²) < 4.78 is 0. The summed E-state index contributed by atoms with van der Waals surface area (Å²) in [6, 6.07) is 16.9. The van der Waals surface area contributed by atoms with Crippen LogP contribution in [0.5, 0.6) is 0 Å². The quantitative estimate of drug-likeness (QED) is 0.461. The van der Waals surface area contributed by atoms with E-state index in [2.05, 4.69) is 49.4 Å². The first-order chi connectivity index (χ1) is 5.88. The normalized spacial score (nSPS) is 7.56. The molecule has 0 spiro atoms. The number of benzene rings is 1. The summed E-state index contributed by atoms with van der Waals surface area (Å²) in [4.78, 5) is 0. The molecule has 0 amide bonds. The van der Waals surface area contributed by atoms with Crippen molar-refractivity contribution in [1.82, 2.24) is 0 Å². The van der Waals surface area contributed by atoms with E-state index in [-0.39, 0.29) is 55.8 Å². The molecule has 0 aliphatic rings. The van der Waals surface area contributed by atoms with E-state index in [1.807, 2.05) is 6.07 Å². The molecule has 0 nitrogen and oxygen atoms in total. The van der Waals surface area contributed by atoms with Crippen LogP contribution in [-0.2, 0) is 18.6 Å².